The van der Waals surface area contributed by atoms with E-state index in [2.05, 4.69) is 16.0 Å². The molecule has 6 nitrogen and oxygen atoms in total. The molecule has 104 valence electrons. The Morgan fingerprint density at radius 1 is 1.16 bits per heavy atom. The van der Waals surface area contributed by atoms with Crippen molar-refractivity contribution in [2.24, 2.45) is 0 Å². The lowest BCUT2D eigenvalue weighted by molar-refractivity contribution is -0.136. The second kappa shape index (κ2) is 8.10. The summed E-state index contributed by atoms with van der Waals surface area (Å²) in [5.74, 6) is -0.872. The molecule has 19 heavy (non-hydrogen) atoms. The number of rotatable bonds is 7. The molecule has 0 saturated heterocycles. The van der Waals surface area contributed by atoms with E-state index in [4.69, 9.17) is 5.11 Å². The zero-order valence-electron chi connectivity index (χ0n) is 10.9. The molecule has 0 aliphatic rings. The van der Waals surface area contributed by atoms with Crippen LogP contribution in [0.2, 0.25) is 0 Å². The van der Waals surface area contributed by atoms with Gasteiger partial charge in [0.15, 0.2) is 0 Å². The summed E-state index contributed by atoms with van der Waals surface area (Å²) in [4.78, 5) is 22.0. The van der Waals surface area contributed by atoms with E-state index in [-0.39, 0.29) is 12.5 Å². The van der Waals surface area contributed by atoms with Crippen molar-refractivity contribution in [2.75, 3.05) is 25.5 Å². The Kier molecular flexibility index (Phi) is 6.38. The Morgan fingerprint density at radius 2 is 1.84 bits per heavy atom. The smallest absolute Gasteiger partial charge is 0.319 e. The van der Waals surface area contributed by atoms with Crippen LogP contribution in [0.3, 0.4) is 0 Å². The van der Waals surface area contributed by atoms with Crippen LogP contribution in [0, 0.1) is 0 Å². The van der Waals surface area contributed by atoms with Crippen LogP contribution in [0.1, 0.15) is 12.0 Å². The average molecular weight is 265 g/mol. The van der Waals surface area contributed by atoms with Crippen LogP contribution in [0.15, 0.2) is 24.3 Å². The number of benzene rings is 1. The molecular weight excluding hydrogens is 246 g/mol. The van der Waals surface area contributed by atoms with E-state index in [0.29, 0.717) is 17.8 Å². The van der Waals surface area contributed by atoms with E-state index in [1.807, 2.05) is 7.05 Å². The Morgan fingerprint density at radius 3 is 2.42 bits per heavy atom. The number of amides is 2. The molecule has 2 amide bonds. The van der Waals surface area contributed by atoms with Crippen molar-refractivity contribution >= 4 is 17.7 Å². The Balaban J connectivity index is 2.36. The van der Waals surface area contributed by atoms with Crippen LogP contribution >= 0.6 is 0 Å². The molecule has 0 bridgehead atoms. The summed E-state index contributed by atoms with van der Waals surface area (Å²) in [5.41, 5.74) is 1.34. The third-order valence-corrected chi connectivity index (χ3v) is 2.46. The lowest BCUT2D eigenvalue weighted by Crippen LogP contribution is -2.30. The highest BCUT2D eigenvalue weighted by atomic mass is 16.4. The van der Waals surface area contributed by atoms with E-state index < -0.39 is 5.97 Å². The summed E-state index contributed by atoms with van der Waals surface area (Å²) in [6.45, 7) is 1.45. The minimum atomic E-state index is -0.872. The molecule has 1 aromatic rings. The average Bonchev–Trinajstić information content (AvgIpc) is 2.36. The first-order valence-electron chi connectivity index (χ1n) is 6.12. The van der Waals surface area contributed by atoms with Crippen molar-refractivity contribution in [3.05, 3.63) is 29.8 Å². The van der Waals surface area contributed by atoms with Crippen molar-refractivity contribution in [3.63, 3.8) is 0 Å². The maximum atomic E-state index is 11.5. The van der Waals surface area contributed by atoms with Gasteiger partial charge in [-0.25, -0.2) is 4.79 Å². The monoisotopic (exact) mass is 265 g/mol. The second-order valence-electron chi connectivity index (χ2n) is 4.11. The van der Waals surface area contributed by atoms with Gasteiger partial charge in [0.2, 0.25) is 0 Å². The molecule has 0 fully saturated rings. The third-order valence-electron chi connectivity index (χ3n) is 2.46. The van der Waals surface area contributed by atoms with Gasteiger partial charge in [-0.15, -0.1) is 0 Å². The SMILES string of the molecule is CNCCCNC(=O)Nc1ccc(CC(=O)O)cc1. The zero-order chi connectivity index (χ0) is 14.1. The highest BCUT2D eigenvalue weighted by molar-refractivity contribution is 5.89. The second-order valence-corrected chi connectivity index (χ2v) is 4.11. The van der Waals surface area contributed by atoms with E-state index >= 15 is 0 Å². The van der Waals surface area contributed by atoms with E-state index in [1.165, 1.54) is 0 Å². The van der Waals surface area contributed by atoms with Crippen molar-refractivity contribution in [1.82, 2.24) is 10.6 Å². The summed E-state index contributed by atoms with van der Waals surface area (Å²) >= 11 is 0. The van der Waals surface area contributed by atoms with Gasteiger partial charge in [0, 0.05) is 12.2 Å². The zero-order valence-corrected chi connectivity index (χ0v) is 10.9. The number of urea groups is 1. The van der Waals surface area contributed by atoms with E-state index in [1.54, 1.807) is 24.3 Å². The fraction of sp³-hybridized carbons (Fsp3) is 0.385. The fourth-order valence-corrected chi connectivity index (χ4v) is 1.52. The Bertz CT molecular complexity index is 418. The molecule has 0 aromatic heterocycles. The normalized spacial score (nSPS) is 9.95. The van der Waals surface area contributed by atoms with E-state index in [9.17, 15) is 9.59 Å². The quantitative estimate of drug-likeness (QED) is 0.555. The van der Waals surface area contributed by atoms with Crippen LogP contribution < -0.4 is 16.0 Å². The molecule has 0 atom stereocenters. The summed E-state index contributed by atoms with van der Waals surface area (Å²) in [6, 6.07) is 6.48. The van der Waals surface area contributed by atoms with Crippen LogP contribution in [0.25, 0.3) is 0 Å². The third kappa shape index (κ3) is 6.42. The topological polar surface area (TPSA) is 90.5 Å². The minimum Gasteiger partial charge on any atom is -0.481 e. The number of carboxylic acid groups (broad SMARTS) is 1. The Labute approximate surface area is 112 Å². The molecule has 0 saturated carbocycles. The van der Waals surface area contributed by atoms with Gasteiger partial charge in [0.1, 0.15) is 0 Å². The minimum absolute atomic E-state index is 0.0174. The van der Waals surface area contributed by atoms with Crippen molar-refractivity contribution < 1.29 is 14.7 Å². The largest absolute Gasteiger partial charge is 0.481 e. The van der Waals surface area contributed by atoms with Crippen molar-refractivity contribution in [2.45, 2.75) is 12.8 Å². The number of carbonyl (C=O) groups excluding carboxylic acids is 1. The predicted octanol–water partition coefficient (Wildman–Crippen LogP) is 1.04. The predicted molar refractivity (Wildman–Crippen MR) is 73.3 cm³/mol. The number of anilines is 1. The lowest BCUT2D eigenvalue weighted by Gasteiger charge is -2.08. The number of nitrogens with one attached hydrogen (secondary N) is 3. The molecule has 0 unspecified atom stereocenters. The molecule has 6 heteroatoms. The van der Waals surface area contributed by atoms with Gasteiger partial charge in [0.25, 0.3) is 0 Å². The first-order valence-corrected chi connectivity index (χ1v) is 6.12. The first kappa shape index (κ1) is 15.0. The molecule has 0 radical (unpaired) electrons. The summed E-state index contributed by atoms with van der Waals surface area (Å²) < 4.78 is 0. The number of carboxylic acids is 1. The van der Waals surface area contributed by atoms with Gasteiger partial charge in [-0.2, -0.15) is 0 Å². The molecular formula is C13H19N3O3. The van der Waals surface area contributed by atoms with Crippen LogP contribution in [0.5, 0.6) is 0 Å². The van der Waals surface area contributed by atoms with Crippen LogP contribution in [-0.2, 0) is 11.2 Å². The van der Waals surface area contributed by atoms with E-state index in [0.717, 1.165) is 13.0 Å². The summed E-state index contributed by atoms with van der Waals surface area (Å²) in [5, 5.41) is 17.0. The number of hydrogen-bond acceptors (Lipinski definition) is 3. The summed E-state index contributed by atoms with van der Waals surface area (Å²) in [7, 11) is 1.86. The number of hydrogen-bond donors (Lipinski definition) is 4. The number of carbonyl (C=O) groups is 2. The highest BCUT2D eigenvalue weighted by Crippen LogP contribution is 2.09. The van der Waals surface area contributed by atoms with Gasteiger partial charge < -0.3 is 21.1 Å². The summed E-state index contributed by atoms with van der Waals surface area (Å²) in [6.07, 6.45) is 0.845. The van der Waals surface area contributed by atoms with Crippen molar-refractivity contribution in [1.29, 1.82) is 0 Å². The molecule has 0 heterocycles. The molecule has 1 aromatic carbocycles. The van der Waals surface area contributed by atoms with Gasteiger partial charge in [-0.3, -0.25) is 4.79 Å². The lowest BCUT2D eigenvalue weighted by atomic mass is 10.1. The Hall–Kier alpha value is -2.08. The maximum absolute atomic E-state index is 11.5. The molecule has 1 rings (SSSR count). The number of aliphatic carboxylic acids is 1. The van der Waals surface area contributed by atoms with Crippen molar-refractivity contribution in [3.8, 4) is 0 Å². The van der Waals surface area contributed by atoms with Gasteiger partial charge in [0.05, 0.1) is 6.42 Å². The standard InChI is InChI=1S/C13H19N3O3/c1-14-7-2-8-15-13(19)16-11-5-3-10(4-6-11)9-12(17)18/h3-6,14H,2,7-9H2,1H3,(H,17,18)(H2,15,16,19). The van der Waals surface area contributed by atoms with Gasteiger partial charge in [-0.1, -0.05) is 12.1 Å². The highest BCUT2D eigenvalue weighted by Gasteiger charge is 2.03. The molecule has 0 spiro atoms. The first-order chi connectivity index (χ1) is 9.11. The fourth-order valence-electron chi connectivity index (χ4n) is 1.52. The maximum Gasteiger partial charge on any atom is 0.319 e. The molecule has 0 aliphatic heterocycles. The van der Waals surface area contributed by atoms with Crippen LogP contribution in [0.4, 0.5) is 10.5 Å². The van der Waals surface area contributed by atoms with Crippen LogP contribution in [-0.4, -0.2) is 37.2 Å². The molecule has 4 N–H and O–H groups in total. The van der Waals surface area contributed by atoms with Gasteiger partial charge in [-0.05, 0) is 37.7 Å². The van der Waals surface area contributed by atoms with Gasteiger partial charge >= 0.3 is 12.0 Å². The molecule has 0 aliphatic carbocycles.